The quantitative estimate of drug-likeness (QED) is 0.287. The Labute approximate surface area is 237 Å². The molecule has 198 valence electrons. The largest absolute Gasteiger partial charge is 0.507 e. The Morgan fingerprint density at radius 1 is 1.05 bits per heavy atom. The molecule has 1 N–H and O–H groups in total. The van der Waals surface area contributed by atoms with Crippen LogP contribution in [0, 0.1) is 24.7 Å². The number of imide groups is 1. The van der Waals surface area contributed by atoms with Gasteiger partial charge in [-0.3, -0.25) is 19.2 Å². The smallest absolute Gasteiger partial charge is 0.238 e. The van der Waals surface area contributed by atoms with E-state index in [0.717, 1.165) is 11.1 Å². The summed E-state index contributed by atoms with van der Waals surface area (Å²) in [6.45, 7) is 1.84. The van der Waals surface area contributed by atoms with E-state index in [1.807, 2.05) is 13.0 Å². The molecule has 4 atom stereocenters. The van der Waals surface area contributed by atoms with E-state index in [1.54, 1.807) is 30.3 Å². The number of aryl methyl sites for hydroxylation is 1. The summed E-state index contributed by atoms with van der Waals surface area (Å²) < 4.78 is 5.38. The number of fused-ring (bicyclic) bond motifs is 3. The number of aromatic hydroxyl groups is 1. The normalized spacial score (nSPS) is 26.2. The lowest BCUT2D eigenvalue weighted by Gasteiger charge is -2.42. The molecule has 0 radical (unpaired) electrons. The summed E-state index contributed by atoms with van der Waals surface area (Å²) >= 11 is 9.54. The van der Waals surface area contributed by atoms with Crippen molar-refractivity contribution in [3.05, 3.63) is 85.9 Å². The number of hydrogen-bond donors (Lipinski definition) is 1. The van der Waals surface area contributed by atoms with Crippen molar-refractivity contribution in [1.82, 2.24) is 0 Å². The van der Waals surface area contributed by atoms with E-state index in [-0.39, 0.29) is 40.0 Å². The van der Waals surface area contributed by atoms with Crippen molar-refractivity contribution in [3.63, 3.8) is 0 Å². The molecular weight excluding hydrogens is 586 g/mol. The molecule has 0 bridgehead atoms. The standard InChI is InChI=1S/C30H23BrClNO6/c1-13-3-4-14(9-22(13)32)33-29(37)18-8-7-16-19(26(18)30(33)38)11-20-27(24(35)12-21(31)28(20)36)25(16)17-6-5-15(39-2)10-23(17)34/h3-7,9-10,12,18-19,25-26,34H,8,11H2,1-2H3. The number of phenolic OH excluding ortho intramolecular Hbond substituents is 1. The average molecular weight is 609 g/mol. The minimum absolute atomic E-state index is 0.0894. The monoisotopic (exact) mass is 607 g/mol. The molecule has 1 heterocycles. The number of ether oxygens (including phenoxy) is 1. The maximum atomic E-state index is 13.9. The topological polar surface area (TPSA) is 101 Å². The molecular formula is C30H23BrClNO6. The number of carbonyl (C=O) groups excluding carboxylic acids is 4. The van der Waals surface area contributed by atoms with Gasteiger partial charge in [0.05, 0.1) is 29.1 Å². The highest BCUT2D eigenvalue weighted by atomic mass is 79.9. The number of halogens is 2. The van der Waals surface area contributed by atoms with Crippen LogP contribution in [0.1, 0.15) is 29.9 Å². The number of phenols is 1. The number of benzene rings is 2. The third-order valence-electron chi connectivity index (χ3n) is 8.29. The van der Waals surface area contributed by atoms with Crippen LogP contribution < -0.4 is 9.64 Å². The lowest BCUT2D eigenvalue weighted by molar-refractivity contribution is -0.123. The van der Waals surface area contributed by atoms with E-state index in [2.05, 4.69) is 15.9 Å². The summed E-state index contributed by atoms with van der Waals surface area (Å²) in [4.78, 5) is 55.4. The summed E-state index contributed by atoms with van der Waals surface area (Å²) in [7, 11) is 1.48. The number of anilines is 1. The highest BCUT2D eigenvalue weighted by Crippen LogP contribution is 2.56. The fraction of sp³-hybridized carbons (Fsp3) is 0.267. The van der Waals surface area contributed by atoms with Gasteiger partial charge in [-0.15, -0.1) is 0 Å². The van der Waals surface area contributed by atoms with E-state index in [0.29, 0.717) is 39.6 Å². The molecule has 2 aromatic carbocycles. The first-order valence-corrected chi connectivity index (χ1v) is 13.7. The van der Waals surface area contributed by atoms with Gasteiger partial charge < -0.3 is 9.84 Å². The third kappa shape index (κ3) is 3.84. The summed E-state index contributed by atoms with van der Waals surface area (Å²) in [6, 6.07) is 9.89. The third-order valence-corrected chi connectivity index (χ3v) is 9.29. The number of nitrogens with zero attached hydrogens (tertiary/aromatic N) is 1. The number of hydrogen-bond acceptors (Lipinski definition) is 6. The molecule has 7 nitrogen and oxygen atoms in total. The fourth-order valence-electron chi connectivity index (χ4n) is 6.43. The Kier molecular flexibility index (Phi) is 6.15. The number of ketones is 2. The molecule has 4 aliphatic rings. The molecule has 9 heteroatoms. The van der Waals surface area contributed by atoms with Gasteiger partial charge in [-0.1, -0.05) is 35.4 Å². The first kappa shape index (κ1) is 25.8. The number of carbonyl (C=O) groups is 4. The molecule has 0 spiro atoms. The van der Waals surface area contributed by atoms with E-state index < -0.39 is 23.7 Å². The first-order valence-electron chi connectivity index (χ1n) is 12.5. The van der Waals surface area contributed by atoms with E-state index in [4.69, 9.17) is 16.3 Å². The summed E-state index contributed by atoms with van der Waals surface area (Å²) in [5.41, 5.74) is 3.02. The van der Waals surface area contributed by atoms with Crippen molar-refractivity contribution in [2.24, 2.45) is 17.8 Å². The first-order chi connectivity index (χ1) is 18.6. The predicted molar refractivity (Wildman–Crippen MR) is 148 cm³/mol. The van der Waals surface area contributed by atoms with Crippen LogP contribution in [0.4, 0.5) is 5.69 Å². The number of rotatable bonds is 3. The molecule has 2 aromatic rings. The lowest BCUT2D eigenvalue weighted by atomic mass is 9.59. The van der Waals surface area contributed by atoms with Crippen LogP contribution in [0.25, 0.3) is 0 Å². The second-order valence-corrected chi connectivity index (χ2v) is 11.5. The molecule has 4 unspecified atom stereocenters. The van der Waals surface area contributed by atoms with Gasteiger partial charge in [0.1, 0.15) is 11.5 Å². The fourth-order valence-corrected chi connectivity index (χ4v) is 7.05. The van der Waals surface area contributed by atoms with Gasteiger partial charge >= 0.3 is 0 Å². The Bertz CT molecular complexity index is 1600. The van der Waals surface area contributed by atoms with Crippen LogP contribution in [0.5, 0.6) is 11.5 Å². The maximum absolute atomic E-state index is 13.9. The second-order valence-electron chi connectivity index (χ2n) is 10.3. The lowest BCUT2D eigenvalue weighted by Crippen LogP contribution is -2.39. The SMILES string of the molecule is COc1ccc(C2C3=CCC4C(=O)N(c5ccc(C)c(Cl)c5)C(=O)C4C3CC3=C2C(=O)C=C(Br)C3=O)c(O)c1. The highest BCUT2D eigenvalue weighted by molar-refractivity contribution is 9.12. The van der Waals surface area contributed by atoms with Crippen molar-refractivity contribution in [2.75, 3.05) is 12.0 Å². The van der Waals surface area contributed by atoms with Crippen LogP contribution in [-0.4, -0.2) is 35.6 Å². The van der Waals surface area contributed by atoms with Crippen LogP contribution in [0.3, 0.4) is 0 Å². The molecule has 1 fully saturated rings. The highest BCUT2D eigenvalue weighted by Gasteiger charge is 2.57. The van der Waals surface area contributed by atoms with Crippen molar-refractivity contribution < 1.29 is 29.0 Å². The molecule has 3 aliphatic carbocycles. The van der Waals surface area contributed by atoms with E-state index in [9.17, 15) is 24.3 Å². The zero-order valence-electron chi connectivity index (χ0n) is 21.0. The minimum atomic E-state index is -0.746. The molecule has 1 saturated heterocycles. The van der Waals surface area contributed by atoms with Crippen molar-refractivity contribution >= 4 is 56.6 Å². The van der Waals surface area contributed by atoms with Gasteiger partial charge in [-0.2, -0.15) is 0 Å². The summed E-state index contributed by atoms with van der Waals surface area (Å²) in [6.07, 6.45) is 3.61. The molecule has 0 aromatic heterocycles. The predicted octanol–water partition coefficient (Wildman–Crippen LogP) is 5.33. The molecule has 39 heavy (non-hydrogen) atoms. The van der Waals surface area contributed by atoms with Gasteiger partial charge in [-0.25, -0.2) is 4.90 Å². The second kappa shape index (κ2) is 9.31. The van der Waals surface area contributed by atoms with Crippen LogP contribution in [0.2, 0.25) is 5.02 Å². The van der Waals surface area contributed by atoms with Crippen molar-refractivity contribution in [2.45, 2.75) is 25.7 Å². The van der Waals surface area contributed by atoms with Crippen LogP contribution in [-0.2, 0) is 19.2 Å². The molecule has 2 amide bonds. The Morgan fingerprint density at radius 3 is 2.51 bits per heavy atom. The van der Waals surface area contributed by atoms with Gasteiger partial charge in [0.15, 0.2) is 11.6 Å². The van der Waals surface area contributed by atoms with Gasteiger partial charge in [0.25, 0.3) is 0 Å². The zero-order chi connectivity index (χ0) is 27.7. The average Bonchev–Trinajstić information content (AvgIpc) is 3.17. The molecule has 1 aliphatic heterocycles. The Morgan fingerprint density at radius 2 is 1.82 bits per heavy atom. The Balaban J connectivity index is 1.49. The van der Waals surface area contributed by atoms with Gasteiger partial charge in [0.2, 0.25) is 11.8 Å². The molecule has 6 rings (SSSR count). The minimum Gasteiger partial charge on any atom is -0.507 e. The number of Topliss-reactive ketones (excluding diaryl/α,β-unsaturated/α-hetero) is 1. The number of allylic oxidation sites excluding steroid dienone is 6. The number of methoxy groups -OCH3 is 1. The van der Waals surface area contributed by atoms with E-state index >= 15 is 0 Å². The zero-order valence-corrected chi connectivity index (χ0v) is 23.4. The Hall–Kier alpha value is -3.49. The van der Waals surface area contributed by atoms with Crippen LogP contribution in [0.15, 0.2) is 69.8 Å². The maximum Gasteiger partial charge on any atom is 0.238 e. The summed E-state index contributed by atoms with van der Waals surface area (Å²) in [5, 5.41) is 11.4. The van der Waals surface area contributed by atoms with Crippen molar-refractivity contribution in [1.29, 1.82) is 0 Å². The van der Waals surface area contributed by atoms with Crippen molar-refractivity contribution in [3.8, 4) is 11.5 Å². The van der Waals surface area contributed by atoms with Gasteiger partial charge in [-0.05, 0) is 65.4 Å². The number of amides is 2. The molecule has 0 saturated carbocycles. The van der Waals surface area contributed by atoms with Gasteiger partial charge in [0, 0.05) is 39.8 Å². The van der Waals surface area contributed by atoms with Crippen LogP contribution >= 0.6 is 27.5 Å². The van der Waals surface area contributed by atoms with E-state index in [1.165, 1.54) is 24.2 Å². The summed E-state index contributed by atoms with van der Waals surface area (Å²) in [5.74, 6) is -3.56.